The Morgan fingerprint density at radius 1 is 1.25 bits per heavy atom. The maximum atomic E-state index is 12.5. The highest BCUT2D eigenvalue weighted by atomic mass is 32.2. The summed E-state index contributed by atoms with van der Waals surface area (Å²) in [7, 11) is -3.86. The molecule has 0 bridgehead atoms. The van der Waals surface area contributed by atoms with E-state index in [1.165, 1.54) is 4.31 Å². The molecule has 110 valence electrons. The molecule has 3 rings (SSSR count). The van der Waals surface area contributed by atoms with E-state index in [0.717, 1.165) is 25.6 Å². The van der Waals surface area contributed by atoms with E-state index in [2.05, 4.69) is 10.3 Å². The number of sulfonamides is 1. The Bertz CT molecular complexity index is 708. The molecule has 0 aliphatic carbocycles. The highest BCUT2D eigenvalue weighted by Crippen LogP contribution is 2.28. The summed E-state index contributed by atoms with van der Waals surface area (Å²) in [6.45, 7) is 1.68. The van der Waals surface area contributed by atoms with Gasteiger partial charge < -0.3 is 10.3 Å². The van der Waals surface area contributed by atoms with E-state index in [1.807, 2.05) is 4.98 Å². The third-order valence-electron chi connectivity index (χ3n) is 3.97. The van der Waals surface area contributed by atoms with E-state index in [0.29, 0.717) is 19.0 Å². The minimum Gasteiger partial charge on any atom is -0.313 e. The number of aromatic amines is 2. The number of H-pyrrole nitrogens is 2. The lowest BCUT2D eigenvalue weighted by Gasteiger charge is -2.24. The molecular weight excluding hydrogens is 284 g/mol. The molecule has 0 saturated carbocycles. The van der Waals surface area contributed by atoms with Gasteiger partial charge in [-0.2, -0.15) is 4.31 Å². The number of piperidine rings is 1. The average molecular weight is 300 g/mol. The molecule has 8 nitrogen and oxygen atoms in total. The molecule has 2 aliphatic heterocycles. The van der Waals surface area contributed by atoms with Gasteiger partial charge in [0.05, 0.1) is 0 Å². The van der Waals surface area contributed by atoms with Crippen LogP contribution in [-0.2, 0) is 10.0 Å². The van der Waals surface area contributed by atoms with Gasteiger partial charge in [0, 0.05) is 25.3 Å². The molecule has 9 heteroatoms. The van der Waals surface area contributed by atoms with Crippen molar-refractivity contribution < 1.29 is 8.42 Å². The number of rotatable bonds is 2. The Labute approximate surface area is 115 Å². The summed E-state index contributed by atoms with van der Waals surface area (Å²) in [4.78, 5) is 26.4. The predicted molar refractivity (Wildman–Crippen MR) is 71.0 cm³/mol. The summed E-state index contributed by atoms with van der Waals surface area (Å²) in [6, 6.07) is 0.153. The number of nitrogens with one attached hydrogen (secondary N) is 3. The van der Waals surface area contributed by atoms with Gasteiger partial charge >= 0.3 is 5.69 Å². The van der Waals surface area contributed by atoms with Crippen molar-refractivity contribution in [1.29, 1.82) is 0 Å². The van der Waals surface area contributed by atoms with Crippen molar-refractivity contribution in [2.24, 2.45) is 5.92 Å². The third kappa shape index (κ3) is 2.21. The number of hydrogen-bond donors (Lipinski definition) is 3. The zero-order chi connectivity index (χ0) is 14.3. The van der Waals surface area contributed by atoms with Gasteiger partial charge in [-0.3, -0.25) is 9.78 Å². The topological polar surface area (TPSA) is 115 Å². The first-order chi connectivity index (χ1) is 9.48. The van der Waals surface area contributed by atoms with Gasteiger partial charge in [0.1, 0.15) is 0 Å². The Kier molecular flexibility index (Phi) is 3.27. The molecule has 3 N–H and O–H groups in total. The van der Waals surface area contributed by atoms with Crippen LogP contribution in [0.4, 0.5) is 0 Å². The fourth-order valence-corrected chi connectivity index (χ4v) is 4.45. The third-order valence-corrected chi connectivity index (χ3v) is 5.81. The zero-order valence-electron chi connectivity index (χ0n) is 10.8. The van der Waals surface area contributed by atoms with Crippen LogP contribution in [0.25, 0.3) is 0 Å². The Morgan fingerprint density at radius 3 is 2.75 bits per heavy atom. The van der Waals surface area contributed by atoms with Crippen LogP contribution in [0.1, 0.15) is 12.8 Å². The first-order valence-electron chi connectivity index (χ1n) is 6.54. The summed E-state index contributed by atoms with van der Waals surface area (Å²) in [5, 5.41) is 3.31. The van der Waals surface area contributed by atoms with E-state index in [4.69, 9.17) is 0 Å². The van der Waals surface area contributed by atoms with Gasteiger partial charge in [-0.15, -0.1) is 0 Å². The minimum atomic E-state index is -3.86. The normalized spacial score (nSPS) is 27.4. The van der Waals surface area contributed by atoms with Crippen LogP contribution in [0.3, 0.4) is 0 Å². The summed E-state index contributed by atoms with van der Waals surface area (Å²) in [5.74, 6) is 0.292. The number of hydrogen-bond acceptors (Lipinski definition) is 5. The summed E-state index contributed by atoms with van der Waals surface area (Å²) < 4.78 is 26.3. The van der Waals surface area contributed by atoms with Crippen molar-refractivity contribution >= 4 is 10.0 Å². The van der Waals surface area contributed by atoms with Gasteiger partial charge in [-0.25, -0.2) is 13.2 Å². The largest absolute Gasteiger partial charge is 0.325 e. The molecule has 20 heavy (non-hydrogen) atoms. The molecule has 1 aromatic rings. The van der Waals surface area contributed by atoms with Crippen LogP contribution in [0, 0.1) is 5.92 Å². The van der Waals surface area contributed by atoms with Crippen LogP contribution in [0.2, 0.25) is 0 Å². The van der Waals surface area contributed by atoms with Gasteiger partial charge in [0.25, 0.3) is 5.56 Å². The Hall–Kier alpha value is -1.45. The molecule has 0 radical (unpaired) electrons. The molecule has 0 amide bonds. The maximum absolute atomic E-state index is 12.5. The summed E-state index contributed by atoms with van der Waals surface area (Å²) in [6.07, 6.45) is 2.99. The molecular formula is C11H16N4O4S. The first-order valence-corrected chi connectivity index (χ1v) is 7.98. The van der Waals surface area contributed by atoms with Gasteiger partial charge in [-0.05, 0) is 25.3 Å². The monoisotopic (exact) mass is 300 g/mol. The smallest absolute Gasteiger partial charge is 0.313 e. The first kappa shape index (κ1) is 13.5. The van der Waals surface area contributed by atoms with E-state index >= 15 is 0 Å². The molecule has 0 unspecified atom stereocenters. The lowest BCUT2D eigenvalue weighted by atomic mass is 9.94. The molecule has 3 heterocycles. The van der Waals surface area contributed by atoms with Gasteiger partial charge in [-0.1, -0.05) is 0 Å². The van der Waals surface area contributed by atoms with E-state index < -0.39 is 26.2 Å². The molecule has 2 saturated heterocycles. The predicted octanol–water partition coefficient (Wildman–Crippen LogP) is -1.56. The average Bonchev–Trinajstić information content (AvgIpc) is 2.82. The highest BCUT2D eigenvalue weighted by molar-refractivity contribution is 7.89. The number of fused-ring (bicyclic) bond motifs is 1. The van der Waals surface area contributed by atoms with Crippen molar-refractivity contribution in [1.82, 2.24) is 19.6 Å². The van der Waals surface area contributed by atoms with Crippen LogP contribution >= 0.6 is 0 Å². The Morgan fingerprint density at radius 2 is 2.05 bits per heavy atom. The fourth-order valence-electron chi connectivity index (χ4n) is 2.93. The lowest BCUT2D eigenvalue weighted by Crippen LogP contribution is -2.41. The van der Waals surface area contributed by atoms with Crippen molar-refractivity contribution in [2.75, 3.05) is 19.6 Å². The van der Waals surface area contributed by atoms with Gasteiger partial charge in [0.2, 0.25) is 10.0 Å². The molecule has 2 atom stereocenters. The molecule has 1 aromatic heterocycles. The maximum Gasteiger partial charge on any atom is 0.325 e. The second kappa shape index (κ2) is 4.83. The van der Waals surface area contributed by atoms with Gasteiger partial charge in [0.15, 0.2) is 4.90 Å². The van der Waals surface area contributed by atoms with E-state index in [-0.39, 0.29) is 6.04 Å². The van der Waals surface area contributed by atoms with Crippen LogP contribution in [0.15, 0.2) is 20.7 Å². The fraction of sp³-hybridized carbons (Fsp3) is 0.636. The standard InChI is InChI=1S/C11H16N4O4S/c16-10-9(4-13-11(17)14-10)20(18,19)15-5-7-2-1-3-12-8(7)6-15/h4,7-8,12H,1-3,5-6H2,(H2,13,14,16,17)/t7-,8+/m0/s1. The molecule has 2 aliphatic rings. The van der Waals surface area contributed by atoms with Crippen molar-refractivity contribution in [3.8, 4) is 0 Å². The molecule has 0 spiro atoms. The quantitative estimate of drug-likeness (QED) is 0.611. The molecule has 0 aromatic carbocycles. The number of aromatic nitrogens is 2. The second-order valence-electron chi connectivity index (χ2n) is 5.22. The van der Waals surface area contributed by atoms with E-state index in [9.17, 15) is 18.0 Å². The SMILES string of the molecule is O=c1[nH]cc(S(=O)(=O)N2C[C@@H]3CCCN[C@@H]3C2)c(=O)[nH]1. The van der Waals surface area contributed by atoms with E-state index in [1.54, 1.807) is 0 Å². The zero-order valence-corrected chi connectivity index (χ0v) is 11.6. The molecule has 2 fully saturated rings. The van der Waals surface area contributed by atoms with Crippen molar-refractivity contribution in [2.45, 2.75) is 23.8 Å². The second-order valence-corrected chi connectivity index (χ2v) is 7.13. The van der Waals surface area contributed by atoms with Crippen LogP contribution in [-0.4, -0.2) is 48.4 Å². The summed E-state index contributed by atoms with van der Waals surface area (Å²) in [5.41, 5.74) is -1.60. The van der Waals surface area contributed by atoms with Crippen LogP contribution in [0.5, 0.6) is 0 Å². The Balaban J connectivity index is 1.93. The summed E-state index contributed by atoms with van der Waals surface area (Å²) >= 11 is 0. The number of nitrogens with zero attached hydrogens (tertiary/aromatic N) is 1. The lowest BCUT2D eigenvalue weighted by molar-refractivity contribution is 0.339. The van der Waals surface area contributed by atoms with Crippen molar-refractivity contribution in [3.63, 3.8) is 0 Å². The van der Waals surface area contributed by atoms with Crippen molar-refractivity contribution in [3.05, 3.63) is 27.0 Å². The van der Waals surface area contributed by atoms with Crippen LogP contribution < -0.4 is 16.6 Å². The highest BCUT2D eigenvalue weighted by Gasteiger charge is 2.41. The minimum absolute atomic E-state index is 0.153.